The van der Waals surface area contributed by atoms with E-state index in [9.17, 15) is 0 Å². The van der Waals surface area contributed by atoms with Crippen LogP contribution in [0.2, 0.25) is 0 Å². The van der Waals surface area contributed by atoms with Gasteiger partial charge in [-0.1, -0.05) is 72.8 Å². The fourth-order valence-electron chi connectivity index (χ4n) is 3.10. The van der Waals surface area contributed by atoms with Gasteiger partial charge in [-0.25, -0.2) is 0 Å². The van der Waals surface area contributed by atoms with Gasteiger partial charge in [-0.3, -0.25) is 4.98 Å². The zero-order valence-corrected chi connectivity index (χ0v) is 14.2. The fraction of sp³-hybridized carbons (Fsp3) is 0.0417. The van der Waals surface area contributed by atoms with Gasteiger partial charge in [0.2, 0.25) is 0 Å². The highest BCUT2D eigenvalue weighted by atomic mass is 14.7. The van der Waals surface area contributed by atoms with Gasteiger partial charge in [-0.2, -0.15) is 0 Å². The van der Waals surface area contributed by atoms with Crippen LogP contribution in [-0.2, 0) is 0 Å². The molecule has 0 spiro atoms. The van der Waals surface area contributed by atoms with E-state index in [0.29, 0.717) is 0 Å². The third-order valence-corrected chi connectivity index (χ3v) is 4.50. The Morgan fingerprint density at radius 2 is 1.24 bits per heavy atom. The highest BCUT2D eigenvalue weighted by molar-refractivity contribution is 5.76. The highest BCUT2D eigenvalue weighted by Gasteiger charge is 2.06. The molecule has 1 nitrogen and oxygen atoms in total. The Morgan fingerprint density at radius 1 is 0.560 bits per heavy atom. The van der Waals surface area contributed by atoms with Crippen LogP contribution in [0.25, 0.3) is 33.5 Å². The molecule has 0 saturated heterocycles. The van der Waals surface area contributed by atoms with E-state index in [4.69, 9.17) is 0 Å². The third-order valence-electron chi connectivity index (χ3n) is 4.50. The van der Waals surface area contributed by atoms with Crippen LogP contribution in [0.5, 0.6) is 0 Å². The van der Waals surface area contributed by atoms with Crippen molar-refractivity contribution >= 4 is 0 Å². The van der Waals surface area contributed by atoms with Crippen molar-refractivity contribution in [2.45, 2.75) is 6.92 Å². The number of hydrogen-bond acceptors (Lipinski definition) is 1. The molecule has 4 aromatic rings. The Morgan fingerprint density at radius 3 is 1.96 bits per heavy atom. The number of rotatable bonds is 3. The lowest BCUT2D eigenvalue weighted by Gasteiger charge is -2.10. The maximum Gasteiger partial charge on any atom is 0.0701 e. The van der Waals surface area contributed by atoms with E-state index < -0.39 is 0 Å². The molecule has 0 bridgehead atoms. The molecule has 0 fully saturated rings. The molecule has 0 unspecified atom stereocenters. The zero-order valence-electron chi connectivity index (χ0n) is 14.2. The quantitative estimate of drug-likeness (QED) is 0.426. The van der Waals surface area contributed by atoms with Gasteiger partial charge >= 0.3 is 0 Å². The normalized spacial score (nSPS) is 10.6. The predicted molar refractivity (Wildman–Crippen MR) is 105 cm³/mol. The second kappa shape index (κ2) is 6.74. The van der Waals surface area contributed by atoms with Gasteiger partial charge in [0, 0.05) is 11.8 Å². The van der Waals surface area contributed by atoms with Crippen molar-refractivity contribution in [1.29, 1.82) is 0 Å². The van der Waals surface area contributed by atoms with Crippen molar-refractivity contribution in [3.05, 3.63) is 103 Å². The Hall–Kier alpha value is -3.19. The SMILES string of the molecule is Cc1ccc(-c2ccc(-c3ccccn3)cc2)cc1-c1ccccc1. The second-order valence-corrected chi connectivity index (χ2v) is 6.19. The first-order valence-electron chi connectivity index (χ1n) is 8.49. The molecule has 0 aliphatic carbocycles. The monoisotopic (exact) mass is 321 g/mol. The topological polar surface area (TPSA) is 12.9 Å². The zero-order chi connectivity index (χ0) is 17.1. The lowest BCUT2D eigenvalue weighted by atomic mass is 9.95. The molecule has 25 heavy (non-hydrogen) atoms. The first-order chi connectivity index (χ1) is 12.3. The molecule has 120 valence electrons. The van der Waals surface area contributed by atoms with Crippen LogP contribution in [0.15, 0.2) is 97.2 Å². The van der Waals surface area contributed by atoms with Crippen molar-refractivity contribution in [2.24, 2.45) is 0 Å². The molecule has 0 aliphatic heterocycles. The molecule has 0 N–H and O–H groups in total. The molecule has 0 atom stereocenters. The minimum atomic E-state index is 1.00. The lowest BCUT2D eigenvalue weighted by molar-refractivity contribution is 1.33. The summed E-state index contributed by atoms with van der Waals surface area (Å²) < 4.78 is 0. The number of benzene rings is 3. The standard InChI is InChI=1S/C24H19N/c1-18-10-11-22(17-23(18)20-7-3-2-4-8-20)19-12-14-21(15-13-19)24-9-5-6-16-25-24/h2-17H,1H3. The summed E-state index contributed by atoms with van der Waals surface area (Å²) in [5, 5.41) is 0. The van der Waals surface area contributed by atoms with E-state index in [2.05, 4.69) is 84.7 Å². The van der Waals surface area contributed by atoms with Crippen LogP contribution in [0, 0.1) is 6.92 Å². The van der Waals surface area contributed by atoms with Crippen LogP contribution in [0.3, 0.4) is 0 Å². The number of hydrogen-bond donors (Lipinski definition) is 0. The van der Waals surface area contributed by atoms with Crippen LogP contribution in [0.4, 0.5) is 0 Å². The van der Waals surface area contributed by atoms with E-state index in [-0.39, 0.29) is 0 Å². The summed E-state index contributed by atoms with van der Waals surface area (Å²) in [6.07, 6.45) is 1.83. The van der Waals surface area contributed by atoms with Gasteiger partial charge in [0.15, 0.2) is 0 Å². The Kier molecular flexibility index (Phi) is 4.14. The van der Waals surface area contributed by atoms with E-state index >= 15 is 0 Å². The maximum atomic E-state index is 4.42. The average molecular weight is 321 g/mol. The number of aryl methyl sites for hydroxylation is 1. The highest BCUT2D eigenvalue weighted by Crippen LogP contribution is 2.30. The van der Waals surface area contributed by atoms with Gasteiger partial charge < -0.3 is 0 Å². The van der Waals surface area contributed by atoms with Crippen molar-refractivity contribution in [2.75, 3.05) is 0 Å². The van der Waals surface area contributed by atoms with Crippen LogP contribution >= 0.6 is 0 Å². The minimum absolute atomic E-state index is 1.00. The summed E-state index contributed by atoms with van der Waals surface area (Å²) in [6, 6.07) is 31.8. The molecule has 1 heterocycles. The van der Waals surface area contributed by atoms with E-state index in [1.165, 1.54) is 27.8 Å². The molecular formula is C24H19N. The van der Waals surface area contributed by atoms with Gasteiger partial charge in [0.1, 0.15) is 0 Å². The molecule has 4 rings (SSSR count). The van der Waals surface area contributed by atoms with Crippen molar-refractivity contribution in [3.8, 4) is 33.5 Å². The molecule has 0 amide bonds. The Balaban J connectivity index is 1.71. The lowest BCUT2D eigenvalue weighted by Crippen LogP contribution is -1.86. The second-order valence-electron chi connectivity index (χ2n) is 6.19. The summed E-state index contributed by atoms with van der Waals surface area (Å²) in [5.41, 5.74) is 8.43. The molecule has 0 saturated carbocycles. The first-order valence-corrected chi connectivity index (χ1v) is 8.49. The largest absolute Gasteiger partial charge is 0.256 e. The number of pyridine rings is 1. The maximum absolute atomic E-state index is 4.42. The summed E-state index contributed by atoms with van der Waals surface area (Å²) in [7, 11) is 0. The molecular weight excluding hydrogens is 302 g/mol. The van der Waals surface area contributed by atoms with Gasteiger partial charge in [-0.15, -0.1) is 0 Å². The van der Waals surface area contributed by atoms with Gasteiger partial charge in [0.25, 0.3) is 0 Å². The van der Waals surface area contributed by atoms with Crippen molar-refractivity contribution in [3.63, 3.8) is 0 Å². The summed E-state index contributed by atoms with van der Waals surface area (Å²) in [4.78, 5) is 4.42. The van der Waals surface area contributed by atoms with E-state index in [1.807, 2.05) is 24.4 Å². The smallest absolute Gasteiger partial charge is 0.0701 e. The third kappa shape index (κ3) is 3.22. The van der Waals surface area contributed by atoms with Crippen LogP contribution in [0.1, 0.15) is 5.56 Å². The molecule has 0 aliphatic rings. The van der Waals surface area contributed by atoms with Crippen LogP contribution < -0.4 is 0 Å². The first kappa shape index (κ1) is 15.3. The van der Waals surface area contributed by atoms with Crippen LogP contribution in [-0.4, -0.2) is 4.98 Å². The van der Waals surface area contributed by atoms with Gasteiger partial charge in [0.05, 0.1) is 5.69 Å². The van der Waals surface area contributed by atoms with E-state index in [0.717, 1.165) is 11.3 Å². The van der Waals surface area contributed by atoms with Crippen molar-refractivity contribution < 1.29 is 0 Å². The predicted octanol–water partition coefficient (Wildman–Crippen LogP) is 6.39. The van der Waals surface area contributed by atoms with Crippen molar-refractivity contribution in [1.82, 2.24) is 4.98 Å². The average Bonchev–Trinajstić information content (AvgIpc) is 2.70. The Labute approximate surface area is 148 Å². The summed E-state index contributed by atoms with van der Waals surface area (Å²) in [6.45, 7) is 2.16. The summed E-state index contributed by atoms with van der Waals surface area (Å²) >= 11 is 0. The Bertz CT molecular complexity index is 971. The molecule has 1 aromatic heterocycles. The fourth-order valence-corrected chi connectivity index (χ4v) is 3.10. The minimum Gasteiger partial charge on any atom is -0.256 e. The summed E-state index contributed by atoms with van der Waals surface area (Å²) in [5.74, 6) is 0. The number of nitrogens with zero attached hydrogens (tertiary/aromatic N) is 1. The molecule has 3 aromatic carbocycles. The van der Waals surface area contributed by atoms with Gasteiger partial charge in [-0.05, 0) is 52.9 Å². The molecule has 0 radical (unpaired) electrons. The number of aromatic nitrogens is 1. The molecule has 1 heteroatoms. The van der Waals surface area contributed by atoms with E-state index in [1.54, 1.807) is 0 Å².